The SMILES string of the molecule is CC(C)(C)c1ccc2c(c1)OC(C(=O)NN=Cc1c[nH]c3ccccc13)CO2. The number of nitrogens with zero attached hydrogens (tertiary/aromatic N) is 1. The molecule has 6 nitrogen and oxygen atoms in total. The molecule has 1 atom stereocenters. The van der Waals surface area contributed by atoms with E-state index in [-0.39, 0.29) is 17.9 Å². The molecule has 2 N–H and O–H groups in total. The van der Waals surface area contributed by atoms with E-state index in [4.69, 9.17) is 9.47 Å². The highest BCUT2D eigenvalue weighted by Crippen LogP contribution is 2.36. The van der Waals surface area contributed by atoms with E-state index in [1.165, 1.54) is 0 Å². The first-order chi connectivity index (χ1) is 13.4. The molecular weight excluding hydrogens is 354 g/mol. The van der Waals surface area contributed by atoms with E-state index in [0.717, 1.165) is 22.0 Å². The fourth-order valence-corrected chi connectivity index (χ4v) is 3.11. The maximum atomic E-state index is 12.4. The Morgan fingerprint density at radius 1 is 1.21 bits per heavy atom. The molecule has 1 aliphatic rings. The zero-order chi connectivity index (χ0) is 19.7. The van der Waals surface area contributed by atoms with Gasteiger partial charge in [0, 0.05) is 22.7 Å². The number of amides is 1. The Bertz CT molecular complexity index is 1050. The summed E-state index contributed by atoms with van der Waals surface area (Å²) in [6, 6.07) is 13.8. The molecule has 0 fully saturated rings. The number of carbonyl (C=O) groups is 1. The molecule has 1 amide bonds. The molecule has 0 saturated carbocycles. The normalized spacial score (nSPS) is 16.5. The third-order valence-electron chi connectivity index (χ3n) is 4.76. The van der Waals surface area contributed by atoms with E-state index < -0.39 is 6.10 Å². The number of rotatable bonds is 3. The van der Waals surface area contributed by atoms with Crippen LogP contribution in [0.5, 0.6) is 11.5 Å². The molecule has 6 heteroatoms. The summed E-state index contributed by atoms with van der Waals surface area (Å²) in [7, 11) is 0. The monoisotopic (exact) mass is 377 g/mol. The van der Waals surface area contributed by atoms with Crippen LogP contribution in [0, 0.1) is 0 Å². The Morgan fingerprint density at radius 2 is 2.04 bits per heavy atom. The molecule has 28 heavy (non-hydrogen) atoms. The maximum absolute atomic E-state index is 12.4. The zero-order valence-corrected chi connectivity index (χ0v) is 16.2. The summed E-state index contributed by atoms with van der Waals surface area (Å²) in [4.78, 5) is 15.6. The first kappa shape index (κ1) is 18.1. The van der Waals surface area contributed by atoms with Crippen molar-refractivity contribution in [1.29, 1.82) is 0 Å². The van der Waals surface area contributed by atoms with Crippen LogP contribution in [0.3, 0.4) is 0 Å². The highest BCUT2D eigenvalue weighted by Gasteiger charge is 2.28. The molecule has 0 radical (unpaired) electrons. The quantitative estimate of drug-likeness (QED) is 0.539. The predicted molar refractivity (Wildman–Crippen MR) is 109 cm³/mol. The number of para-hydroxylation sites is 1. The minimum Gasteiger partial charge on any atom is -0.485 e. The maximum Gasteiger partial charge on any atom is 0.284 e. The summed E-state index contributed by atoms with van der Waals surface area (Å²) < 4.78 is 11.6. The number of H-pyrrole nitrogens is 1. The molecule has 0 bridgehead atoms. The van der Waals surface area contributed by atoms with Crippen LogP contribution in [0.1, 0.15) is 31.9 Å². The van der Waals surface area contributed by atoms with Crippen molar-refractivity contribution in [3.63, 3.8) is 0 Å². The van der Waals surface area contributed by atoms with Crippen LogP contribution in [0.4, 0.5) is 0 Å². The van der Waals surface area contributed by atoms with E-state index in [0.29, 0.717) is 11.5 Å². The van der Waals surface area contributed by atoms with Gasteiger partial charge in [0.05, 0.1) is 6.21 Å². The van der Waals surface area contributed by atoms with Gasteiger partial charge < -0.3 is 14.5 Å². The van der Waals surface area contributed by atoms with Crippen LogP contribution < -0.4 is 14.9 Å². The van der Waals surface area contributed by atoms with Crippen LogP contribution in [-0.2, 0) is 10.2 Å². The third-order valence-corrected chi connectivity index (χ3v) is 4.76. The predicted octanol–water partition coefficient (Wildman–Crippen LogP) is 3.76. The largest absolute Gasteiger partial charge is 0.485 e. The van der Waals surface area contributed by atoms with E-state index in [1.54, 1.807) is 6.21 Å². The Kier molecular flexibility index (Phi) is 4.55. The molecule has 1 aliphatic heterocycles. The summed E-state index contributed by atoms with van der Waals surface area (Å²) in [5, 5.41) is 5.11. The van der Waals surface area contributed by atoms with Crippen LogP contribution in [0.25, 0.3) is 10.9 Å². The van der Waals surface area contributed by atoms with Crippen molar-refractivity contribution < 1.29 is 14.3 Å². The molecule has 2 heterocycles. The Balaban J connectivity index is 1.43. The zero-order valence-electron chi connectivity index (χ0n) is 16.2. The summed E-state index contributed by atoms with van der Waals surface area (Å²) in [5.41, 5.74) is 5.56. The van der Waals surface area contributed by atoms with Crippen molar-refractivity contribution in [1.82, 2.24) is 10.4 Å². The van der Waals surface area contributed by atoms with E-state index in [1.807, 2.05) is 48.7 Å². The van der Waals surface area contributed by atoms with Gasteiger partial charge in [0.25, 0.3) is 5.91 Å². The lowest BCUT2D eigenvalue weighted by Gasteiger charge is -2.27. The number of hydrogen-bond acceptors (Lipinski definition) is 4. The lowest BCUT2D eigenvalue weighted by molar-refractivity contribution is -0.130. The first-order valence-electron chi connectivity index (χ1n) is 9.25. The van der Waals surface area contributed by atoms with E-state index in [9.17, 15) is 4.79 Å². The average molecular weight is 377 g/mol. The molecule has 1 aromatic heterocycles. The van der Waals surface area contributed by atoms with Gasteiger partial charge in [-0.1, -0.05) is 45.0 Å². The average Bonchev–Trinajstić information content (AvgIpc) is 3.09. The number of ether oxygens (including phenoxy) is 2. The Labute approximate surface area is 163 Å². The molecule has 3 aromatic rings. The number of carbonyl (C=O) groups excluding carboxylic acids is 1. The van der Waals surface area contributed by atoms with Crippen LogP contribution >= 0.6 is 0 Å². The smallest absolute Gasteiger partial charge is 0.284 e. The fourth-order valence-electron chi connectivity index (χ4n) is 3.11. The molecule has 0 spiro atoms. The molecule has 4 rings (SSSR count). The first-order valence-corrected chi connectivity index (χ1v) is 9.25. The van der Waals surface area contributed by atoms with Crippen LogP contribution in [0.15, 0.2) is 53.8 Å². The van der Waals surface area contributed by atoms with Gasteiger partial charge in [-0.05, 0) is 29.2 Å². The molecule has 1 unspecified atom stereocenters. The summed E-state index contributed by atoms with van der Waals surface area (Å²) in [6.07, 6.45) is 2.72. The number of fused-ring (bicyclic) bond motifs is 2. The molecular formula is C22H23N3O3. The molecule has 0 saturated heterocycles. The van der Waals surface area contributed by atoms with Gasteiger partial charge in [-0.25, -0.2) is 5.43 Å². The van der Waals surface area contributed by atoms with Crippen molar-refractivity contribution >= 4 is 23.0 Å². The number of benzene rings is 2. The number of nitrogens with one attached hydrogen (secondary N) is 2. The van der Waals surface area contributed by atoms with Gasteiger partial charge in [-0.2, -0.15) is 5.10 Å². The minimum absolute atomic E-state index is 0.0166. The molecule has 144 valence electrons. The lowest BCUT2D eigenvalue weighted by atomic mass is 9.87. The second-order valence-corrected chi connectivity index (χ2v) is 7.85. The second kappa shape index (κ2) is 7.03. The number of aromatic amines is 1. The minimum atomic E-state index is -0.747. The van der Waals surface area contributed by atoms with Crippen molar-refractivity contribution in [3.05, 3.63) is 59.8 Å². The molecule has 2 aromatic carbocycles. The van der Waals surface area contributed by atoms with Crippen LogP contribution in [0.2, 0.25) is 0 Å². The van der Waals surface area contributed by atoms with Gasteiger partial charge in [-0.15, -0.1) is 0 Å². The summed E-state index contributed by atoms with van der Waals surface area (Å²) in [5.74, 6) is 0.890. The van der Waals surface area contributed by atoms with Crippen molar-refractivity contribution in [2.24, 2.45) is 5.10 Å². The second-order valence-electron chi connectivity index (χ2n) is 7.85. The van der Waals surface area contributed by atoms with Gasteiger partial charge in [0.15, 0.2) is 11.5 Å². The van der Waals surface area contributed by atoms with E-state index in [2.05, 4.69) is 36.3 Å². The summed E-state index contributed by atoms with van der Waals surface area (Å²) >= 11 is 0. The van der Waals surface area contributed by atoms with Crippen molar-refractivity contribution in [2.45, 2.75) is 32.3 Å². The van der Waals surface area contributed by atoms with Gasteiger partial charge in [0.1, 0.15) is 6.61 Å². The summed E-state index contributed by atoms with van der Waals surface area (Å²) in [6.45, 7) is 6.53. The highest BCUT2D eigenvalue weighted by atomic mass is 16.6. The van der Waals surface area contributed by atoms with Crippen molar-refractivity contribution in [2.75, 3.05) is 6.61 Å². The Morgan fingerprint density at radius 3 is 2.86 bits per heavy atom. The number of aromatic nitrogens is 1. The lowest BCUT2D eigenvalue weighted by Crippen LogP contribution is -2.42. The van der Waals surface area contributed by atoms with Gasteiger partial charge in [0.2, 0.25) is 6.10 Å². The number of hydrazone groups is 1. The molecule has 0 aliphatic carbocycles. The van der Waals surface area contributed by atoms with Gasteiger partial charge in [-0.3, -0.25) is 4.79 Å². The highest BCUT2D eigenvalue weighted by molar-refractivity contribution is 5.99. The number of hydrogen-bond donors (Lipinski definition) is 2. The standard InChI is InChI=1S/C22H23N3O3/c1-22(2,3)15-8-9-18-19(10-15)28-20(13-27-18)21(26)25-24-12-14-11-23-17-7-5-4-6-16(14)17/h4-12,20,23H,13H2,1-3H3,(H,25,26). The Hall–Kier alpha value is -3.28. The van der Waals surface area contributed by atoms with E-state index >= 15 is 0 Å². The van der Waals surface area contributed by atoms with Crippen LogP contribution in [-0.4, -0.2) is 29.8 Å². The fraction of sp³-hybridized carbons (Fsp3) is 0.273. The third kappa shape index (κ3) is 3.58. The van der Waals surface area contributed by atoms with Crippen molar-refractivity contribution in [3.8, 4) is 11.5 Å². The topological polar surface area (TPSA) is 75.7 Å². The van der Waals surface area contributed by atoms with Gasteiger partial charge >= 0.3 is 0 Å².